The highest BCUT2D eigenvalue weighted by molar-refractivity contribution is 9.10. The maximum Gasteiger partial charge on any atom is 0.124 e. The first-order valence-electron chi connectivity index (χ1n) is 6.33. The molecule has 0 saturated carbocycles. The molecule has 0 aliphatic heterocycles. The van der Waals surface area contributed by atoms with E-state index in [-0.39, 0.29) is 11.9 Å². The summed E-state index contributed by atoms with van der Waals surface area (Å²) >= 11 is 3.41. The molecule has 1 aromatic carbocycles. The van der Waals surface area contributed by atoms with Crippen LogP contribution in [-0.4, -0.2) is 18.6 Å². The van der Waals surface area contributed by atoms with Crippen molar-refractivity contribution in [3.8, 4) is 5.75 Å². The fourth-order valence-electron chi connectivity index (χ4n) is 2.13. The minimum absolute atomic E-state index is 0.171. The number of halogens is 2. The van der Waals surface area contributed by atoms with Crippen molar-refractivity contribution >= 4 is 15.9 Å². The van der Waals surface area contributed by atoms with Crippen molar-refractivity contribution in [3.05, 3.63) is 58.1 Å². The molecule has 0 amide bonds. The number of hydrogen-bond acceptors (Lipinski definition) is 3. The van der Waals surface area contributed by atoms with E-state index in [9.17, 15) is 4.39 Å². The van der Waals surface area contributed by atoms with Gasteiger partial charge in [0.25, 0.3) is 0 Å². The standard InChI is InChI=1S/C15H16BrFN2O/c1-3-19-15(10-6-11(16)9-18-8-10)13-7-12(17)4-5-14(13)20-2/h4-9,15,19H,3H2,1-2H3. The lowest BCUT2D eigenvalue weighted by molar-refractivity contribution is 0.402. The molecular formula is C15H16BrFN2O. The second kappa shape index (κ2) is 6.81. The molecule has 2 rings (SSSR count). The summed E-state index contributed by atoms with van der Waals surface area (Å²) in [6.07, 6.45) is 3.48. The molecule has 0 aliphatic rings. The van der Waals surface area contributed by atoms with Crippen molar-refractivity contribution in [1.29, 1.82) is 0 Å². The Bertz CT molecular complexity index is 592. The quantitative estimate of drug-likeness (QED) is 0.902. The minimum Gasteiger partial charge on any atom is -0.496 e. The van der Waals surface area contributed by atoms with Gasteiger partial charge >= 0.3 is 0 Å². The topological polar surface area (TPSA) is 34.2 Å². The fraction of sp³-hybridized carbons (Fsp3) is 0.267. The fourth-order valence-corrected chi connectivity index (χ4v) is 2.51. The van der Waals surface area contributed by atoms with E-state index in [0.717, 1.165) is 22.1 Å². The summed E-state index contributed by atoms with van der Waals surface area (Å²) in [4.78, 5) is 4.17. The van der Waals surface area contributed by atoms with E-state index in [4.69, 9.17) is 4.74 Å². The summed E-state index contributed by atoms with van der Waals surface area (Å²) in [6.45, 7) is 2.75. The highest BCUT2D eigenvalue weighted by Gasteiger charge is 2.18. The van der Waals surface area contributed by atoms with Crippen LogP contribution < -0.4 is 10.1 Å². The summed E-state index contributed by atoms with van der Waals surface area (Å²) in [7, 11) is 1.58. The number of hydrogen-bond donors (Lipinski definition) is 1. The van der Waals surface area contributed by atoms with E-state index < -0.39 is 0 Å². The molecule has 0 bridgehead atoms. The highest BCUT2D eigenvalue weighted by atomic mass is 79.9. The normalized spacial score (nSPS) is 12.2. The predicted molar refractivity (Wildman–Crippen MR) is 80.4 cm³/mol. The van der Waals surface area contributed by atoms with Gasteiger partial charge in [0.15, 0.2) is 0 Å². The molecule has 0 fully saturated rings. The van der Waals surface area contributed by atoms with Gasteiger partial charge in [-0.1, -0.05) is 6.92 Å². The van der Waals surface area contributed by atoms with Gasteiger partial charge in [0.05, 0.1) is 13.2 Å². The van der Waals surface area contributed by atoms with Gasteiger partial charge in [0.2, 0.25) is 0 Å². The minimum atomic E-state index is -0.286. The van der Waals surface area contributed by atoms with Gasteiger partial charge in [-0.25, -0.2) is 4.39 Å². The second-order valence-electron chi connectivity index (χ2n) is 4.31. The van der Waals surface area contributed by atoms with Gasteiger partial charge in [0.1, 0.15) is 11.6 Å². The van der Waals surface area contributed by atoms with E-state index >= 15 is 0 Å². The lowest BCUT2D eigenvalue weighted by Gasteiger charge is -2.21. The molecule has 1 heterocycles. The van der Waals surface area contributed by atoms with E-state index in [2.05, 4.69) is 26.2 Å². The molecule has 1 unspecified atom stereocenters. The molecule has 3 nitrogen and oxygen atoms in total. The van der Waals surface area contributed by atoms with Gasteiger partial charge in [-0.2, -0.15) is 0 Å². The summed E-state index contributed by atoms with van der Waals surface area (Å²) < 4.78 is 19.8. The van der Waals surface area contributed by atoms with Crippen molar-refractivity contribution in [2.24, 2.45) is 0 Å². The zero-order chi connectivity index (χ0) is 14.5. The van der Waals surface area contributed by atoms with Crippen molar-refractivity contribution in [2.75, 3.05) is 13.7 Å². The number of aromatic nitrogens is 1. The lowest BCUT2D eigenvalue weighted by Crippen LogP contribution is -2.23. The maximum absolute atomic E-state index is 13.6. The Morgan fingerprint density at radius 3 is 2.80 bits per heavy atom. The third-order valence-electron chi connectivity index (χ3n) is 2.97. The molecule has 1 atom stereocenters. The number of ether oxygens (including phenoxy) is 1. The highest BCUT2D eigenvalue weighted by Crippen LogP contribution is 2.31. The lowest BCUT2D eigenvalue weighted by atomic mass is 9.99. The van der Waals surface area contributed by atoms with Crippen LogP contribution >= 0.6 is 15.9 Å². The zero-order valence-corrected chi connectivity index (χ0v) is 12.9. The smallest absolute Gasteiger partial charge is 0.124 e. The largest absolute Gasteiger partial charge is 0.496 e. The van der Waals surface area contributed by atoms with Crippen LogP contribution in [0.4, 0.5) is 4.39 Å². The summed E-state index contributed by atoms with van der Waals surface area (Å²) in [5.41, 5.74) is 1.71. The Kier molecular flexibility index (Phi) is 5.09. The van der Waals surface area contributed by atoms with Crippen molar-refractivity contribution in [2.45, 2.75) is 13.0 Å². The van der Waals surface area contributed by atoms with Crippen molar-refractivity contribution in [1.82, 2.24) is 10.3 Å². The first-order chi connectivity index (χ1) is 9.65. The van der Waals surface area contributed by atoms with Crippen LogP contribution in [-0.2, 0) is 0 Å². The van der Waals surface area contributed by atoms with Gasteiger partial charge in [-0.05, 0) is 52.3 Å². The average Bonchev–Trinajstić information content (AvgIpc) is 2.44. The predicted octanol–water partition coefficient (Wildman–Crippen LogP) is 3.69. The van der Waals surface area contributed by atoms with Crippen molar-refractivity contribution in [3.63, 3.8) is 0 Å². The van der Waals surface area contributed by atoms with Crippen LogP contribution in [0.5, 0.6) is 5.75 Å². The molecule has 0 saturated heterocycles. The van der Waals surface area contributed by atoms with Crippen molar-refractivity contribution < 1.29 is 9.13 Å². The second-order valence-corrected chi connectivity index (χ2v) is 5.23. The Hall–Kier alpha value is -1.46. The van der Waals surface area contributed by atoms with E-state index in [1.165, 1.54) is 12.1 Å². The van der Waals surface area contributed by atoms with Crippen LogP contribution in [0.1, 0.15) is 24.1 Å². The molecule has 1 N–H and O–H groups in total. The summed E-state index contributed by atoms with van der Waals surface area (Å²) in [5, 5.41) is 3.34. The first kappa shape index (κ1) is 14.9. The van der Waals surface area contributed by atoms with E-state index in [1.54, 1.807) is 25.6 Å². The first-order valence-corrected chi connectivity index (χ1v) is 7.12. The van der Waals surface area contributed by atoms with Crippen LogP contribution in [0.15, 0.2) is 41.1 Å². The molecule has 106 valence electrons. The van der Waals surface area contributed by atoms with Gasteiger partial charge < -0.3 is 10.1 Å². The number of pyridine rings is 1. The van der Waals surface area contributed by atoms with Gasteiger partial charge in [0, 0.05) is 22.4 Å². The molecular weight excluding hydrogens is 323 g/mol. The average molecular weight is 339 g/mol. The monoisotopic (exact) mass is 338 g/mol. The summed E-state index contributed by atoms with van der Waals surface area (Å²) in [5.74, 6) is 0.365. The Morgan fingerprint density at radius 2 is 2.15 bits per heavy atom. The maximum atomic E-state index is 13.6. The Labute approximate surface area is 126 Å². The number of methoxy groups -OCH3 is 1. The SMILES string of the molecule is CCNC(c1cncc(Br)c1)c1cc(F)ccc1OC. The molecule has 2 aromatic rings. The van der Waals surface area contributed by atoms with Crippen LogP contribution in [0.3, 0.4) is 0 Å². The van der Waals surface area contributed by atoms with E-state index in [1.807, 2.05) is 13.0 Å². The number of benzene rings is 1. The Balaban J connectivity index is 2.50. The third-order valence-corrected chi connectivity index (χ3v) is 3.40. The molecule has 5 heteroatoms. The number of nitrogens with one attached hydrogen (secondary N) is 1. The molecule has 1 aromatic heterocycles. The van der Waals surface area contributed by atoms with Crippen LogP contribution in [0.25, 0.3) is 0 Å². The number of rotatable bonds is 5. The van der Waals surface area contributed by atoms with Crippen LogP contribution in [0, 0.1) is 5.82 Å². The van der Waals surface area contributed by atoms with Gasteiger partial charge in [-0.15, -0.1) is 0 Å². The molecule has 0 aliphatic carbocycles. The van der Waals surface area contributed by atoms with Crippen LogP contribution in [0.2, 0.25) is 0 Å². The van der Waals surface area contributed by atoms with E-state index in [0.29, 0.717) is 5.75 Å². The number of nitrogens with zero attached hydrogens (tertiary/aromatic N) is 1. The zero-order valence-electron chi connectivity index (χ0n) is 11.4. The Morgan fingerprint density at radius 1 is 1.35 bits per heavy atom. The summed E-state index contributed by atoms with van der Waals surface area (Å²) in [6, 6.07) is 6.32. The molecule has 20 heavy (non-hydrogen) atoms. The molecule has 0 spiro atoms. The van der Waals surface area contributed by atoms with Gasteiger partial charge in [-0.3, -0.25) is 4.98 Å². The third kappa shape index (κ3) is 3.35. The molecule has 0 radical (unpaired) electrons.